The molecule has 12 heavy (non-hydrogen) atoms. The van der Waals surface area contributed by atoms with Gasteiger partial charge >= 0.3 is 5.97 Å². The molecule has 4 nitrogen and oxygen atoms in total. The van der Waals surface area contributed by atoms with Crippen molar-refractivity contribution >= 4 is 11.7 Å². The molecule has 0 bridgehead atoms. The first-order valence-corrected chi connectivity index (χ1v) is 3.56. The number of ether oxygens (including phenoxy) is 1. The van der Waals surface area contributed by atoms with E-state index in [-0.39, 0.29) is 0 Å². The molecule has 0 aromatic carbocycles. The molecule has 0 saturated carbocycles. The number of aliphatic imine (C=N–C) groups is 1. The Kier molecular flexibility index (Phi) is 4.76. The zero-order chi connectivity index (χ0) is 9.56. The van der Waals surface area contributed by atoms with Crippen molar-refractivity contribution in [3.8, 4) is 0 Å². The van der Waals surface area contributed by atoms with Gasteiger partial charge in [0, 0.05) is 19.8 Å². The summed E-state index contributed by atoms with van der Waals surface area (Å²) in [7, 11) is 4.65. The van der Waals surface area contributed by atoms with Crippen molar-refractivity contribution in [3.05, 3.63) is 11.8 Å². The van der Waals surface area contributed by atoms with Crippen LogP contribution in [-0.4, -0.2) is 32.9 Å². The molecule has 4 heteroatoms. The van der Waals surface area contributed by atoms with Gasteiger partial charge in [-0.05, 0) is 13.0 Å². The van der Waals surface area contributed by atoms with Crippen LogP contribution in [0.15, 0.2) is 16.8 Å². The molecule has 0 saturated heterocycles. The number of methoxy groups -OCH3 is 1. The maximum atomic E-state index is 11.0. The number of allylic oxidation sites excluding steroid dienone is 1. The van der Waals surface area contributed by atoms with Crippen LogP contribution in [0.2, 0.25) is 0 Å². The number of nitrogens with zero attached hydrogens (tertiary/aromatic N) is 1. The Morgan fingerprint density at radius 3 is 2.50 bits per heavy atom. The average Bonchev–Trinajstić information content (AvgIpc) is 2.12. The van der Waals surface area contributed by atoms with Crippen LogP contribution >= 0.6 is 0 Å². The summed E-state index contributed by atoms with van der Waals surface area (Å²) in [5, 5.41) is 2.88. The third kappa shape index (κ3) is 3.18. The second-order valence-electron chi connectivity index (χ2n) is 2.18. The number of esters is 1. The molecule has 0 aliphatic carbocycles. The second kappa shape index (κ2) is 5.35. The highest BCUT2D eigenvalue weighted by molar-refractivity contribution is 6.41. The summed E-state index contributed by atoms with van der Waals surface area (Å²) in [4.78, 5) is 14.7. The fourth-order valence-electron chi connectivity index (χ4n) is 0.597. The minimum atomic E-state index is -0.424. The summed E-state index contributed by atoms with van der Waals surface area (Å²) in [6, 6.07) is 0. The SMILES string of the molecule is CN=C(/C=C(/C)NC)C(=O)OC. The van der Waals surface area contributed by atoms with E-state index >= 15 is 0 Å². The van der Waals surface area contributed by atoms with E-state index in [9.17, 15) is 4.79 Å². The normalized spacial score (nSPS) is 12.7. The van der Waals surface area contributed by atoms with Crippen LogP contribution in [0.3, 0.4) is 0 Å². The lowest BCUT2D eigenvalue weighted by Crippen LogP contribution is -2.15. The van der Waals surface area contributed by atoms with Crippen molar-refractivity contribution in [1.29, 1.82) is 0 Å². The van der Waals surface area contributed by atoms with Crippen LogP contribution in [0, 0.1) is 0 Å². The highest BCUT2D eigenvalue weighted by Gasteiger charge is 2.06. The largest absolute Gasteiger partial charge is 0.464 e. The Labute approximate surface area is 72.3 Å². The van der Waals surface area contributed by atoms with Gasteiger partial charge in [0.2, 0.25) is 0 Å². The van der Waals surface area contributed by atoms with Gasteiger partial charge in [-0.15, -0.1) is 0 Å². The molecule has 0 aliphatic heterocycles. The monoisotopic (exact) mass is 170 g/mol. The van der Waals surface area contributed by atoms with E-state index in [1.807, 2.05) is 6.92 Å². The molecule has 0 radical (unpaired) electrons. The van der Waals surface area contributed by atoms with Gasteiger partial charge in [0.05, 0.1) is 7.11 Å². The summed E-state index contributed by atoms with van der Waals surface area (Å²) in [5.74, 6) is -0.424. The van der Waals surface area contributed by atoms with E-state index in [1.165, 1.54) is 7.11 Å². The van der Waals surface area contributed by atoms with Crippen molar-refractivity contribution < 1.29 is 9.53 Å². The lowest BCUT2D eigenvalue weighted by molar-refractivity contribution is -0.132. The zero-order valence-corrected chi connectivity index (χ0v) is 7.84. The number of carbonyl (C=O) groups is 1. The minimum absolute atomic E-state index is 0.310. The Bertz CT molecular complexity index is 219. The molecule has 68 valence electrons. The maximum absolute atomic E-state index is 11.0. The first-order chi connectivity index (χ1) is 5.65. The Morgan fingerprint density at radius 1 is 1.58 bits per heavy atom. The molecule has 0 amide bonds. The lowest BCUT2D eigenvalue weighted by Gasteiger charge is -2.00. The minimum Gasteiger partial charge on any atom is -0.464 e. The van der Waals surface area contributed by atoms with Gasteiger partial charge in [-0.3, -0.25) is 4.99 Å². The number of rotatable bonds is 3. The van der Waals surface area contributed by atoms with Crippen LogP contribution in [-0.2, 0) is 9.53 Å². The Morgan fingerprint density at radius 2 is 2.17 bits per heavy atom. The predicted molar refractivity (Wildman–Crippen MR) is 48.2 cm³/mol. The van der Waals surface area contributed by atoms with E-state index in [2.05, 4.69) is 15.0 Å². The van der Waals surface area contributed by atoms with Crippen molar-refractivity contribution in [2.24, 2.45) is 4.99 Å². The molecule has 0 fully saturated rings. The number of carbonyl (C=O) groups excluding carboxylic acids is 1. The third-order valence-corrected chi connectivity index (χ3v) is 1.38. The molecular weight excluding hydrogens is 156 g/mol. The molecule has 1 N–H and O–H groups in total. The van der Waals surface area contributed by atoms with Crippen LogP contribution in [0.5, 0.6) is 0 Å². The molecule has 0 unspecified atom stereocenters. The number of nitrogens with one attached hydrogen (secondary N) is 1. The maximum Gasteiger partial charge on any atom is 0.356 e. The molecular formula is C8H14N2O2. The van der Waals surface area contributed by atoms with Gasteiger partial charge in [0.1, 0.15) is 5.71 Å². The van der Waals surface area contributed by atoms with Crippen LogP contribution in [0.1, 0.15) is 6.92 Å². The van der Waals surface area contributed by atoms with Crippen molar-refractivity contribution in [3.63, 3.8) is 0 Å². The predicted octanol–water partition coefficient (Wildman–Crippen LogP) is 0.353. The van der Waals surface area contributed by atoms with Gasteiger partial charge in [-0.25, -0.2) is 4.79 Å². The van der Waals surface area contributed by atoms with Gasteiger partial charge < -0.3 is 10.1 Å². The van der Waals surface area contributed by atoms with E-state index < -0.39 is 5.97 Å². The standard InChI is InChI=1S/C8H14N2O2/c1-6(9-2)5-7(10-3)8(11)12-4/h5,9H,1-4H3/b6-5-,10-7?. The molecule has 0 rings (SSSR count). The van der Waals surface area contributed by atoms with Gasteiger partial charge in [0.25, 0.3) is 0 Å². The van der Waals surface area contributed by atoms with E-state index in [0.717, 1.165) is 5.70 Å². The molecule has 0 aromatic heterocycles. The Balaban J connectivity index is 4.50. The smallest absolute Gasteiger partial charge is 0.356 e. The quantitative estimate of drug-likeness (QED) is 0.491. The summed E-state index contributed by atoms with van der Waals surface area (Å²) in [5.41, 5.74) is 1.17. The fraction of sp³-hybridized carbons (Fsp3) is 0.500. The molecule has 0 spiro atoms. The molecule has 0 atom stereocenters. The number of hydrogen-bond acceptors (Lipinski definition) is 4. The van der Waals surface area contributed by atoms with Crippen LogP contribution in [0.4, 0.5) is 0 Å². The zero-order valence-electron chi connectivity index (χ0n) is 7.84. The fourth-order valence-corrected chi connectivity index (χ4v) is 0.597. The second-order valence-corrected chi connectivity index (χ2v) is 2.18. The average molecular weight is 170 g/mol. The first-order valence-electron chi connectivity index (χ1n) is 3.56. The van der Waals surface area contributed by atoms with Gasteiger partial charge in [-0.1, -0.05) is 0 Å². The lowest BCUT2D eigenvalue weighted by atomic mass is 10.3. The topological polar surface area (TPSA) is 50.7 Å². The highest BCUT2D eigenvalue weighted by Crippen LogP contribution is 1.90. The highest BCUT2D eigenvalue weighted by atomic mass is 16.5. The summed E-state index contributed by atoms with van der Waals surface area (Å²) in [6.07, 6.45) is 1.63. The van der Waals surface area contributed by atoms with Crippen LogP contribution in [0.25, 0.3) is 0 Å². The van der Waals surface area contributed by atoms with Gasteiger partial charge in [-0.2, -0.15) is 0 Å². The first kappa shape index (κ1) is 10.7. The van der Waals surface area contributed by atoms with Crippen molar-refractivity contribution in [1.82, 2.24) is 5.32 Å². The third-order valence-electron chi connectivity index (χ3n) is 1.38. The van der Waals surface area contributed by atoms with Crippen molar-refractivity contribution in [2.75, 3.05) is 21.2 Å². The Hall–Kier alpha value is -1.32. The van der Waals surface area contributed by atoms with Crippen molar-refractivity contribution in [2.45, 2.75) is 6.92 Å². The molecule has 0 heterocycles. The summed E-state index contributed by atoms with van der Waals surface area (Å²) >= 11 is 0. The van der Waals surface area contributed by atoms with Crippen LogP contribution < -0.4 is 5.32 Å². The van der Waals surface area contributed by atoms with Gasteiger partial charge in [0.15, 0.2) is 0 Å². The van der Waals surface area contributed by atoms with E-state index in [0.29, 0.717) is 5.71 Å². The summed E-state index contributed by atoms with van der Waals surface area (Å²) < 4.78 is 4.51. The number of hydrogen-bond donors (Lipinski definition) is 1. The molecule has 0 aromatic rings. The van der Waals surface area contributed by atoms with E-state index in [4.69, 9.17) is 0 Å². The van der Waals surface area contributed by atoms with E-state index in [1.54, 1.807) is 20.2 Å². The molecule has 0 aliphatic rings. The summed E-state index contributed by atoms with van der Waals surface area (Å²) in [6.45, 7) is 1.84.